The predicted octanol–water partition coefficient (Wildman–Crippen LogP) is 5.11. The summed E-state index contributed by atoms with van der Waals surface area (Å²) in [4.78, 5) is 12.8. The van der Waals surface area contributed by atoms with Crippen molar-refractivity contribution in [1.82, 2.24) is 9.62 Å². The van der Waals surface area contributed by atoms with Crippen molar-refractivity contribution < 1.29 is 17.9 Å². The van der Waals surface area contributed by atoms with Gasteiger partial charge in [0.25, 0.3) is 0 Å². The van der Waals surface area contributed by atoms with Crippen molar-refractivity contribution in [2.75, 3.05) is 20.2 Å². The van der Waals surface area contributed by atoms with Crippen LogP contribution in [0.5, 0.6) is 5.75 Å². The molecule has 0 saturated heterocycles. The number of para-hydroxylation sites is 1. The van der Waals surface area contributed by atoms with Crippen LogP contribution in [-0.4, -0.2) is 38.8 Å². The standard InChI is InChI=1S/C25H26Cl2N2O4S/c1-18(21-10-6-7-11-23(21)33-2)28-25(30)17-29(15-14-19-8-4-3-5-9-19)34(31,32)24-16-20(26)12-13-22(24)27/h3-13,16,18H,14-15,17H2,1-2H3,(H,28,30). The van der Waals surface area contributed by atoms with Gasteiger partial charge in [-0.05, 0) is 43.2 Å². The molecule has 3 aromatic carbocycles. The summed E-state index contributed by atoms with van der Waals surface area (Å²) >= 11 is 12.2. The van der Waals surface area contributed by atoms with Crippen LogP contribution in [0, 0.1) is 0 Å². The summed E-state index contributed by atoms with van der Waals surface area (Å²) < 4.78 is 33.5. The molecule has 0 aliphatic heterocycles. The molecule has 1 atom stereocenters. The molecule has 1 N–H and O–H groups in total. The number of sulfonamides is 1. The number of carbonyl (C=O) groups excluding carboxylic acids is 1. The first-order valence-corrected chi connectivity index (χ1v) is 12.8. The van der Waals surface area contributed by atoms with E-state index in [2.05, 4.69) is 5.32 Å². The summed E-state index contributed by atoms with van der Waals surface area (Å²) in [6, 6.07) is 20.6. The second kappa shape index (κ2) is 11.7. The maximum atomic E-state index is 13.5. The third-order valence-corrected chi connectivity index (χ3v) is 7.87. The summed E-state index contributed by atoms with van der Waals surface area (Å²) in [6.07, 6.45) is 0.424. The molecule has 3 aromatic rings. The van der Waals surface area contributed by atoms with Crippen LogP contribution in [0.15, 0.2) is 77.7 Å². The lowest BCUT2D eigenvalue weighted by atomic mass is 10.1. The Balaban J connectivity index is 1.84. The minimum atomic E-state index is -4.10. The first-order valence-electron chi connectivity index (χ1n) is 10.6. The fourth-order valence-corrected chi connectivity index (χ4v) is 5.68. The molecule has 0 fully saturated rings. The first kappa shape index (κ1) is 26.0. The van der Waals surface area contributed by atoms with Crippen LogP contribution in [0.4, 0.5) is 0 Å². The van der Waals surface area contributed by atoms with Gasteiger partial charge >= 0.3 is 0 Å². The van der Waals surface area contributed by atoms with Crippen LogP contribution in [0.25, 0.3) is 0 Å². The molecule has 0 radical (unpaired) electrons. The number of rotatable bonds is 10. The number of nitrogens with one attached hydrogen (secondary N) is 1. The van der Waals surface area contributed by atoms with Crippen LogP contribution in [-0.2, 0) is 21.2 Å². The van der Waals surface area contributed by atoms with Gasteiger partial charge in [0.2, 0.25) is 15.9 Å². The van der Waals surface area contributed by atoms with Gasteiger partial charge in [0, 0.05) is 17.1 Å². The molecule has 0 heterocycles. The third kappa shape index (κ3) is 6.51. The van der Waals surface area contributed by atoms with Crippen LogP contribution in [0.3, 0.4) is 0 Å². The van der Waals surface area contributed by atoms with Crippen molar-refractivity contribution in [2.24, 2.45) is 0 Å². The number of nitrogens with zero attached hydrogens (tertiary/aromatic N) is 1. The van der Waals surface area contributed by atoms with E-state index in [0.717, 1.165) is 15.4 Å². The molecule has 0 aliphatic rings. The topological polar surface area (TPSA) is 75.7 Å². The first-order chi connectivity index (χ1) is 16.2. The molecule has 0 saturated carbocycles. The van der Waals surface area contributed by atoms with Gasteiger partial charge < -0.3 is 10.1 Å². The van der Waals surface area contributed by atoms with Crippen molar-refractivity contribution >= 4 is 39.1 Å². The lowest BCUT2D eigenvalue weighted by Gasteiger charge is -2.24. The minimum absolute atomic E-state index is 0.0388. The molecule has 3 rings (SSSR count). The van der Waals surface area contributed by atoms with E-state index >= 15 is 0 Å². The van der Waals surface area contributed by atoms with Gasteiger partial charge in [0.05, 0.1) is 24.7 Å². The predicted molar refractivity (Wildman–Crippen MR) is 135 cm³/mol. The van der Waals surface area contributed by atoms with E-state index in [1.807, 2.05) is 55.5 Å². The van der Waals surface area contributed by atoms with E-state index in [4.69, 9.17) is 27.9 Å². The van der Waals surface area contributed by atoms with Crippen LogP contribution in [0.2, 0.25) is 10.0 Å². The van der Waals surface area contributed by atoms with E-state index in [-0.39, 0.29) is 28.0 Å². The minimum Gasteiger partial charge on any atom is -0.496 e. The highest BCUT2D eigenvalue weighted by atomic mass is 35.5. The smallest absolute Gasteiger partial charge is 0.245 e. The second-order valence-electron chi connectivity index (χ2n) is 7.68. The zero-order valence-corrected chi connectivity index (χ0v) is 21.2. The molecule has 0 bridgehead atoms. The maximum Gasteiger partial charge on any atom is 0.245 e. The Morgan fingerprint density at radius 3 is 2.41 bits per heavy atom. The Morgan fingerprint density at radius 1 is 1.03 bits per heavy atom. The molecule has 0 aliphatic carbocycles. The van der Waals surface area contributed by atoms with Crippen molar-refractivity contribution in [2.45, 2.75) is 24.3 Å². The lowest BCUT2D eigenvalue weighted by Crippen LogP contribution is -2.42. The monoisotopic (exact) mass is 520 g/mol. The van der Waals surface area contributed by atoms with Crippen molar-refractivity contribution in [1.29, 1.82) is 0 Å². The number of hydrogen-bond acceptors (Lipinski definition) is 4. The van der Waals surface area contributed by atoms with Crippen LogP contribution in [0.1, 0.15) is 24.1 Å². The Hall–Kier alpha value is -2.58. The average molecular weight is 521 g/mol. The summed E-state index contributed by atoms with van der Waals surface area (Å²) in [5.41, 5.74) is 1.73. The van der Waals surface area contributed by atoms with Gasteiger partial charge in [-0.25, -0.2) is 8.42 Å². The van der Waals surface area contributed by atoms with Gasteiger partial charge in [0.1, 0.15) is 10.6 Å². The molecule has 180 valence electrons. The highest BCUT2D eigenvalue weighted by Gasteiger charge is 2.29. The molecule has 9 heteroatoms. The quantitative estimate of drug-likeness (QED) is 0.402. The summed E-state index contributed by atoms with van der Waals surface area (Å²) in [5.74, 6) is 0.183. The van der Waals surface area contributed by atoms with Gasteiger partial charge in [-0.3, -0.25) is 4.79 Å². The molecule has 6 nitrogen and oxygen atoms in total. The van der Waals surface area contributed by atoms with E-state index in [9.17, 15) is 13.2 Å². The Labute approximate surface area is 210 Å². The lowest BCUT2D eigenvalue weighted by molar-refractivity contribution is -0.121. The van der Waals surface area contributed by atoms with E-state index in [0.29, 0.717) is 12.2 Å². The highest BCUT2D eigenvalue weighted by molar-refractivity contribution is 7.89. The van der Waals surface area contributed by atoms with Crippen molar-refractivity contribution in [3.05, 3.63) is 94.0 Å². The number of carbonyl (C=O) groups is 1. The molecule has 0 spiro atoms. The Bertz CT molecular complexity index is 1240. The largest absolute Gasteiger partial charge is 0.496 e. The number of methoxy groups -OCH3 is 1. The van der Waals surface area contributed by atoms with Gasteiger partial charge in [-0.15, -0.1) is 0 Å². The SMILES string of the molecule is COc1ccccc1C(C)NC(=O)CN(CCc1ccccc1)S(=O)(=O)c1cc(Cl)ccc1Cl. The maximum absolute atomic E-state index is 13.5. The summed E-state index contributed by atoms with van der Waals surface area (Å²) in [6.45, 7) is 1.52. The van der Waals surface area contributed by atoms with E-state index in [1.165, 1.54) is 18.2 Å². The summed E-state index contributed by atoms with van der Waals surface area (Å²) in [5, 5.41) is 3.14. The van der Waals surface area contributed by atoms with E-state index < -0.39 is 22.0 Å². The van der Waals surface area contributed by atoms with Gasteiger partial charge in [-0.2, -0.15) is 4.31 Å². The Morgan fingerprint density at radius 2 is 1.71 bits per heavy atom. The van der Waals surface area contributed by atoms with Crippen LogP contribution >= 0.6 is 23.2 Å². The number of halogens is 2. The van der Waals surface area contributed by atoms with Gasteiger partial charge in [-0.1, -0.05) is 71.7 Å². The fourth-order valence-electron chi connectivity index (χ4n) is 3.55. The van der Waals surface area contributed by atoms with Crippen LogP contribution < -0.4 is 10.1 Å². The number of ether oxygens (including phenoxy) is 1. The van der Waals surface area contributed by atoms with Gasteiger partial charge in [0.15, 0.2) is 0 Å². The van der Waals surface area contributed by atoms with E-state index in [1.54, 1.807) is 13.2 Å². The second-order valence-corrected chi connectivity index (χ2v) is 10.4. The highest BCUT2D eigenvalue weighted by Crippen LogP contribution is 2.28. The molecular formula is C25H26Cl2N2O4S. The number of amides is 1. The van der Waals surface area contributed by atoms with Crippen molar-refractivity contribution in [3.8, 4) is 5.75 Å². The zero-order valence-electron chi connectivity index (χ0n) is 18.9. The van der Waals surface area contributed by atoms with Crippen molar-refractivity contribution in [3.63, 3.8) is 0 Å². The zero-order chi connectivity index (χ0) is 24.7. The molecule has 1 amide bonds. The normalized spacial score (nSPS) is 12.4. The summed E-state index contributed by atoms with van der Waals surface area (Å²) in [7, 11) is -2.55. The molecule has 0 aromatic heterocycles. The molecule has 1 unspecified atom stereocenters. The Kier molecular flexibility index (Phi) is 8.97. The fraction of sp³-hybridized carbons (Fsp3) is 0.240. The molecular weight excluding hydrogens is 495 g/mol. The average Bonchev–Trinajstić information content (AvgIpc) is 2.83. The molecule has 34 heavy (non-hydrogen) atoms. The third-order valence-electron chi connectivity index (χ3n) is 5.31. The number of benzene rings is 3. The number of hydrogen-bond donors (Lipinski definition) is 1.